The first-order valence-electron chi connectivity index (χ1n) is 10.7. The lowest BCUT2D eigenvalue weighted by molar-refractivity contribution is 0.103. The topological polar surface area (TPSA) is 58.1 Å². The second-order valence-corrected chi connectivity index (χ2v) is 8.72. The summed E-state index contributed by atoms with van der Waals surface area (Å²) >= 11 is 1.63. The molecular weight excluding hydrogens is 416 g/mol. The Morgan fingerprint density at radius 3 is 2.78 bits per heavy atom. The quantitative estimate of drug-likeness (QED) is 0.448. The van der Waals surface area contributed by atoms with Crippen LogP contribution in [0.15, 0.2) is 77.6 Å². The molecule has 5 rings (SSSR count). The number of benzene rings is 1. The van der Waals surface area contributed by atoms with Gasteiger partial charge in [0, 0.05) is 48.7 Å². The van der Waals surface area contributed by atoms with Gasteiger partial charge in [-0.25, -0.2) is 4.98 Å². The number of carbonyl (C=O) groups is 1. The van der Waals surface area contributed by atoms with Gasteiger partial charge >= 0.3 is 0 Å². The molecule has 0 saturated carbocycles. The highest BCUT2D eigenvalue weighted by Crippen LogP contribution is 2.25. The van der Waals surface area contributed by atoms with Crippen LogP contribution in [0, 0.1) is 6.92 Å². The number of ketones is 1. The second kappa shape index (κ2) is 9.02. The highest BCUT2D eigenvalue weighted by molar-refractivity contribution is 7.08. The second-order valence-electron chi connectivity index (χ2n) is 7.94. The molecule has 1 saturated heterocycles. The van der Waals surface area contributed by atoms with E-state index in [4.69, 9.17) is 4.98 Å². The van der Waals surface area contributed by atoms with Gasteiger partial charge in [0.15, 0.2) is 0 Å². The molecule has 5 nitrogen and oxygen atoms in total. The third-order valence-corrected chi connectivity index (χ3v) is 6.54. The standard InChI is InChI=1S/C26H24N4OS/c1-18-22(14-21(15-28-18)20-10-13-32-17-20)26(31)23-8-5-9-25(29-23)30-12-11-27-24(16-30)19-6-3-2-4-7-19/h2-10,13-15,17,24,27H,11-12,16H2,1H3. The van der Waals surface area contributed by atoms with Crippen molar-refractivity contribution >= 4 is 22.9 Å². The van der Waals surface area contributed by atoms with E-state index in [1.807, 2.05) is 48.8 Å². The molecule has 0 radical (unpaired) electrons. The van der Waals surface area contributed by atoms with Crippen LogP contribution in [0.1, 0.15) is 33.4 Å². The number of hydrogen-bond acceptors (Lipinski definition) is 6. The molecule has 1 fully saturated rings. The number of anilines is 1. The summed E-state index contributed by atoms with van der Waals surface area (Å²) in [6.07, 6.45) is 1.82. The number of aromatic nitrogens is 2. The summed E-state index contributed by atoms with van der Waals surface area (Å²) in [6, 6.07) is 20.3. The zero-order chi connectivity index (χ0) is 21.9. The average Bonchev–Trinajstić information content (AvgIpc) is 3.40. The van der Waals surface area contributed by atoms with Crippen LogP contribution in [0.5, 0.6) is 0 Å². The van der Waals surface area contributed by atoms with Crippen LogP contribution in [-0.2, 0) is 0 Å². The van der Waals surface area contributed by atoms with Crippen LogP contribution in [0.3, 0.4) is 0 Å². The highest BCUT2D eigenvalue weighted by Gasteiger charge is 2.23. The average molecular weight is 441 g/mol. The smallest absolute Gasteiger partial charge is 0.213 e. The molecule has 32 heavy (non-hydrogen) atoms. The molecule has 0 aliphatic carbocycles. The van der Waals surface area contributed by atoms with Gasteiger partial charge in [-0.2, -0.15) is 11.3 Å². The summed E-state index contributed by atoms with van der Waals surface area (Å²) in [5.74, 6) is 0.738. The van der Waals surface area contributed by atoms with Crippen molar-refractivity contribution in [1.29, 1.82) is 0 Å². The van der Waals surface area contributed by atoms with Crippen molar-refractivity contribution in [1.82, 2.24) is 15.3 Å². The van der Waals surface area contributed by atoms with Gasteiger partial charge in [-0.3, -0.25) is 9.78 Å². The van der Waals surface area contributed by atoms with E-state index in [0.717, 1.165) is 36.6 Å². The van der Waals surface area contributed by atoms with E-state index in [9.17, 15) is 4.79 Å². The molecule has 4 heterocycles. The lowest BCUT2D eigenvalue weighted by Crippen LogP contribution is -2.46. The summed E-state index contributed by atoms with van der Waals surface area (Å²) in [4.78, 5) is 24.9. The van der Waals surface area contributed by atoms with E-state index in [2.05, 4.69) is 44.8 Å². The highest BCUT2D eigenvalue weighted by atomic mass is 32.1. The fourth-order valence-corrected chi connectivity index (χ4v) is 4.75. The summed E-state index contributed by atoms with van der Waals surface area (Å²) in [7, 11) is 0. The van der Waals surface area contributed by atoms with Crippen molar-refractivity contribution in [3.63, 3.8) is 0 Å². The number of pyridine rings is 2. The molecule has 1 unspecified atom stereocenters. The fourth-order valence-electron chi connectivity index (χ4n) is 4.08. The van der Waals surface area contributed by atoms with Crippen LogP contribution in [-0.4, -0.2) is 35.4 Å². The Kier molecular flexibility index (Phi) is 5.79. The minimum atomic E-state index is -0.0938. The van der Waals surface area contributed by atoms with Crippen LogP contribution in [0.2, 0.25) is 0 Å². The number of piperazine rings is 1. The van der Waals surface area contributed by atoms with Gasteiger partial charge in [-0.05, 0) is 53.1 Å². The molecule has 0 spiro atoms. The first kappa shape index (κ1) is 20.5. The number of thiophene rings is 1. The van der Waals surface area contributed by atoms with Crippen LogP contribution in [0.4, 0.5) is 5.82 Å². The molecule has 1 aliphatic rings. The van der Waals surface area contributed by atoms with Crippen molar-refractivity contribution in [3.05, 3.63) is 100 Å². The molecule has 0 amide bonds. The number of nitrogens with one attached hydrogen (secondary N) is 1. The Bertz CT molecular complexity index is 1220. The van der Waals surface area contributed by atoms with E-state index in [1.165, 1.54) is 5.56 Å². The van der Waals surface area contributed by atoms with Crippen molar-refractivity contribution in [3.8, 4) is 11.1 Å². The van der Waals surface area contributed by atoms with Gasteiger partial charge < -0.3 is 10.2 Å². The molecule has 1 atom stereocenters. The molecule has 4 aromatic rings. The van der Waals surface area contributed by atoms with Crippen LogP contribution < -0.4 is 10.2 Å². The molecule has 6 heteroatoms. The van der Waals surface area contributed by atoms with Gasteiger partial charge in [0.2, 0.25) is 5.78 Å². The Hall–Kier alpha value is -3.35. The maximum atomic E-state index is 13.4. The Balaban J connectivity index is 1.41. The largest absolute Gasteiger partial charge is 0.353 e. The molecule has 1 aliphatic heterocycles. The Labute approximate surface area is 191 Å². The lowest BCUT2D eigenvalue weighted by Gasteiger charge is -2.35. The summed E-state index contributed by atoms with van der Waals surface area (Å²) in [6.45, 7) is 4.39. The third kappa shape index (κ3) is 4.20. The third-order valence-electron chi connectivity index (χ3n) is 5.85. The van der Waals surface area contributed by atoms with Gasteiger partial charge in [0.05, 0.1) is 0 Å². The fraction of sp³-hybridized carbons (Fsp3) is 0.192. The monoisotopic (exact) mass is 440 g/mol. The summed E-state index contributed by atoms with van der Waals surface area (Å²) in [5.41, 5.74) is 5.05. The van der Waals surface area contributed by atoms with Crippen molar-refractivity contribution in [2.24, 2.45) is 0 Å². The van der Waals surface area contributed by atoms with E-state index in [0.29, 0.717) is 17.0 Å². The Morgan fingerprint density at radius 1 is 1.09 bits per heavy atom. The number of rotatable bonds is 5. The van der Waals surface area contributed by atoms with Gasteiger partial charge in [-0.15, -0.1) is 0 Å². The maximum absolute atomic E-state index is 13.4. The molecule has 1 aromatic carbocycles. The summed E-state index contributed by atoms with van der Waals surface area (Å²) in [5, 5.41) is 7.67. The van der Waals surface area contributed by atoms with E-state index < -0.39 is 0 Å². The molecule has 1 N–H and O–H groups in total. The first-order valence-corrected chi connectivity index (χ1v) is 11.7. The molecule has 3 aromatic heterocycles. The van der Waals surface area contributed by atoms with E-state index >= 15 is 0 Å². The zero-order valence-electron chi connectivity index (χ0n) is 17.9. The number of hydrogen-bond donors (Lipinski definition) is 1. The van der Waals surface area contributed by atoms with Crippen molar-refractivity contribution in [2.75, 3.05) is 24.5 Å². The minimum Gasteiger partial charge on any atom is -0.353 e. The van der Waals surface area contributed by atoms with E-state index in [-0.39, 0.29) is 11.8 Å². The molecular formula is C26H24N4OS. The predicted octanol–water partition coefficient (Wildman–Crippen LogP) is 4.90. The molecule has 160 valence electrons. The summed E-state index contributed by atoms with van der Waals surface area (Å²) < 4.78 is 0. The van der Waals surface area contributed by atoms with Crippen molar-refractivity contribution < 1.29 is 4.79 Å². The zero-order valence-corrected chi connectivity index (χ0v) is 18.7. The van der Waals surface area contributed by atoms with Gasteiger partial charge in [0.25, 0.3) is 0 Å². The predicted molar refractivity (Wildman–Crippen MR) is 129 cm³/mol. The minimum absolute atomic E-state index is 0.0938. The normalized spacial score (nSPS) is 16.2. The number of carbonyl (C=O) groups excluding carboxylic acids is 1. The van der Waals surface area contributed by atoms with Crippen LogP contribution >= 0.6 is 11.3 Å². The maximum Gasteiger partial charge on any atom is 0.213 e. The lowest BCUT2D eigenvalue weighted by atomic mass is 10.0. The number of aryl methyl sites for hydroxylation is 1. The number of nitrogens with zero attached hydrogens (tertiary/aromatic N) is 3. The van der Waals surface area contributed by atoms with Gasteiger partial charge in [0.1, 0.15) is 11.5 Å². The SMILES string of the molecule is Cc1ncc(-c2ccsc2)cc1C(=O)c1cccc(N2CCNC(c3ccccc3)C2)n1. The first-order chi connectivity index (χ1) is 15.7. The van der Waals surface area contributed by atoms with Gasteiger partial charge in [-0.1, -0.05) is 36.4 Å². The molecule has 0 bridgehead atoms. The van der Waals surface area contributed by atoms with E-state index in [1.54, 1.807) is 17.4 Å². The van der Waals surface area contributed by atoms with Crippen LogP contribution in [0.25, 0.3) is 11.1 Å². The Morgan fingerprint density at radius 2 is 1.97 bits per heavy atom. The van der Waals surface area contributed by atoms with Crippen molar-refractivity contribution in [2.45, 2.75) is 13.0 Å².